The van der Waals surface area contributed by atoms with Crippen LogP contribution in [-0.2, 0) is 4.74 Å². The summed E-state index contributed by atoms with van der Waals surface area (Å²) in [7, 11) is 0. The summed E-state index contributed by atoms with van der Waals surface area (Å²) < 4.78 is 5.18. The molecule has 0 fully saturated rings. The van der Waals surface area contributed by atoms with Crippen molar-refractivity contribution in [1.82, 2.24) is 4.98 Å². The van der Waals surface area contributed by atoms with E-state index in [1.165, 1.54) is 11.8 Å². The lowest BCUT2D eigenvalue weighted by molar-refractivity contribution is 0.161. The number of aromatic nitrogens is 1. The van der Waals surface area contributed by atoms with Gasteiger partial charge in [0.1, 0.15) is 6.10 Å². The molecule has 1 aromatic rings. The van der Waals surface area contributed by atoms with E-state index in [0.717, 1.165) is 5.69 Å². The molecule has 1 atom stereocenters. The van der Waals surface area contributed by atoms with E-state index in [2.05, 4.69) is 11.6 Å². The molecule has 0 saturated heterocycles. The third-order valence-electron chi connectivity index (χ3n) is 1.65. The maximum atomic E-state index is 5.18. The van der Waals surface area contributed by atoms with Gasteiger partial charge in [-0.25, -0.2) is 0 Å². The fraction of sp³-hybridized carbons (Fsp3) is 0.300. The average Bonchev–Trinajstić information content (AvgIpc) is 2.05. The Bertz CT molecular complexity index is 270. The van der Waals surface area contributed by atoms with Crippen LogP contribution in [-0.4, -0.2) is 4.98 Å². The molecule has 1 unspecified atom stereocenters. The van der Waals surface area contributed by atoms with Crippen LogP contribution in [0.15, 0.2) is 31.2 Å². The van der Waals surface area contributed by atoms with Crippen molar-refractivity contribution in [1.29, 1.82) is 0 Å². The van der Waals surface area contributed by atoms with E-state index >= 15 is 0 Å². The molecule has 0 aliphatic carbocycles. The molecule has 2 heteroatoms. The molecule has 0 aliphatic rings. The average molecular weight is 163 g/mol. The lowest BCUT2D eigenvalue weighted by atomic mass is 10.2. The van der Waals surface area contributed by atoms with E-state index < -0.39 is 0 Å². The Labute approximate surface area is 72.9 Å². The fourth-order valence-corrected chi connectivity index (χ4v) is 0.996. The maximum Gasteiger partial charge on any atom is 0.137 e. The molecule has 0 N–H and O–H groups in total. The third-order valence-corrected chi connectivity index (χ3v) is 1.65. The first kappa shape index (κ1) is 8.78. The van der Waals surface area contributed by atoms with Crippen LogP contribution in [0, 0.1) is 6.92 Å². The number of aryl methyl sites for hydroxylation is 1. The van der Waals surface area contributed by atoms with Crippen molar-refractivity contribution in [2.45, 2.75) is 20.0 Å². The first-order chi connectivity index (χ1) is 5.74. The Balaban J connectivity index is 2.80. The molecule has 0 aromatic carbocycles. The Morgan fingerprint density at radius 2 is 2.42 bits per heavy atom. The monoisotopic (exact) mass is 163 g/mol. The minimum absolute atomic E-state index is 0.0117. The molecular formula is C10H13NO. The summed E-state index contributed by atoms with van der Waals surface area (Å²) in [5.41, 5.74) is 2.13. The second-order valence-corrected chi connectivity index (χ2v) is 2.70. The minimum Gasteiger partial charge on any atom is -0.493 e. The lowest BCUT2D eigenvalue weighted by Crippen LogP contribution is -1.98. The second kappa shape index (κ2) is 3.90. The highest BCUT2D eigenvalue weighted by molar-refractivity contribution is 5.15. The van der Waals surface area contributed by atoms with Gasteiger partial charge in [0.15, 0.2) is 0 Å². The zero-order valence-electron chi connectivity index (χ0n) is 7.45. The summed E-state index contributed by atoms with van der Waals surface area (Å²) in [5.74, 6) is 0. The van der Waals surface area contributed by atoms with Crippen molar-refractivity contribution in [3.05, 3.63) is 42.4 Å². The van der Waals surface area contributed by atoms with Crippen molar-refractivity contribution < 1.29 is 4.74 Å². The summed E-state index contributed by atoms with van der Waals surface area (Å²) >= 11 is 0. The number of rotatable bonds is 3. The summed E-state index contributed by atoms with van der Waals surface area (Å²) in [6.07, 6.45) is 3.21. The molecule has 1 rings (SSSR count). The predicted octanol–water partition coefficient (Wildman–Crippen LogP) is 2.61. The van der Waals surface area contributed by atoms with Crippen LogP contribution in [0.1, 0.15) is 24.3 Å². The van der Waals surface area contributed by atoms with E-state index in [1.807, 2.05) is 26.0 Å². The molecule has 0 aliphatic heterocycles. The summed E-state index contributed by atoms with van der Waals surface area (Å²) in [5, 5.41) is 0. The largest absolute Gasteiger partial charge is 0.493 e. The van der Waals surface area contributed by atoms with Gasteiger partial charge in [-0.3, -0.25) is 4.98 Å². The van der Waals surface area contributed by atoms with Crippen LogP contribution < -0.4 is 0 Å². The Morgan fingerprint density at radius 3 is 3.00 bits per heavy atom. The van der Waals surface area contributed by atoms with E-state index in [-0.39, 0.29) is 6.10 Å². The second-order valence-electron chi connectivity index (χ2n) is 2.70. The van der Waals surface area contributed by atoms with E-state index in [9.17, 15) is 0 Å². The van der Waals surface area contributed by atoms with Gasteiger partial charge in [-0.05, 0) is 31.5 Å². The van der Waals surface area contributed by atoms with Crippen LogP contribution in [0.3, 0.4) is 0 Å². The summed E-state index contributed by atoms with van der Waals surface area (Å²) in [6.45, 7) is 7.48. The molecule has 0 spiro atoms. The molecule has 0 bridgehead atoms. The molecule has 2 nitrogen and oxygen atoms in total. The van der Waals surface area contributed by atoms with Crippen LogP contribution >= 0.6 is 0 Å². The van der Waals surface area contributed by atoms with Crippen molar-refractivity contribution in [2.75, 3.05) is 0 Å². The topological polar surface area (TPSA) is 22.1 Å². The van der Waals surface area contributed by atoms with Crippen molar-refractivity contribution in [2.24, 2.45) is 0 Å². The minimum atomic E-state index is -0.0117. The lowest BCUT2D eigenvalue weighted by Gasteiger charge is -2.10. The van der Waals surface area contributed by atoms with Crippen molar-refractivity contribution >= 4 is 0 Å². The number of nitrogens with zero attached hydrogens (tertiary/aromatic N) is 1. The van der Waals surface area contributed by atoms with Gasteiger partial charge in [0.05, 0.1) is 12.0 Å². The number of hydrogen-bond donors (Lipinski definition) is 0. The quantitative estimate of drug-likeness (QED) is 0.639. The zero-order valence-corrected chi connectivity index (χ0v) is 7.45. The molecule has 1 heterocycles. The van der Waals surface area contributed by atoms with E-state index in [1.54, 1.807) is 6.20 Å². The SMILES string of the molecule is C=COC(C)c1cc(C)ccn1. The van der Waals surface area contributed by atoms with Gasteiger partial charge in [0.25, 0.3) is 0 Å². The first-order valence-electron chi connectivity index (χ1n) is 3.93. The number of ether oxygens (including phenoxy) is 1. The molecule has 0 radical (unpaired) electrons. The summed E-state index contributed by atoms with van der Waals surface area (Å²) in [6, 6.07) is 3.97. The number of hydrogen-bond acceptors (Lipinski definition) is 2. The Kier molecular flexibility index (Phi) is 2.86. The first-order valence-corrected chi connectivity index (χ1v) is 3.93. The van der Waals surface area contributed by atoms with Gasteiger partial charge in [0, 0.05) is 6.20 Å². The van der Waals surface area contributed by atoms with Crippen molar-refractivity contribution in [3.8, 4) is 0 Å². The molecule has 1 aromatic heterocycles. The highest BCUT2D eigenvalue weighted by Crippen LogP contribution is 2.14. The van der Waals surface area contributed by atoms with Crippen LogP contribution in [0.2, 0.25) is 0 Å². The van der Waals surface area contributed by atoms with Crippen LogP contribution in [0.25, 0.3) is 0 Å². The van der Waals surface area contributed by atoms with Crippen molar-refractivity contribution in [3.63, 3.8) is 0 Å². The van der Waals surface area contributed by atoms with Gasteiger partial charge < -0.3 is 4.74 Å². The molecule has 12 heavy (non-hydrogen) atoms. The fourth-order valence-electron chi connectivity index (χ4n) is 0.996. The molecule has 0 amide bonds. The van der Waals surface area contributed by atoms with E-state index in [4.69, 9.17) is 4.74 Å². The van der Waals surface area contributed by atoms with Gasteiger partial charge in [-0.2, -0.15) is 0 Å². The smallest absolute Gasteiger partial charge is 0.137 e. The summed E-state index contributed by atoms with van der Waals surface area (Å²) in [4.78, 5) is 4.19. The van der Waals surface area contributed by atoms with Gasteiger partial charge in [-0.1, -0.05) is 6.58 Å². The zero-order chi connectivity index (χ0) is 8.97. The Morgan fingerprint density at radius 1 is 1.67 bits per heavy atom. The van der Waals surface area contributed by atoms with Gasteiger partial charge >= 0.3 is 0 Å². The third kappa shape index (κ3) is 2.09. The molecule has 64 valence electrons. The maximum absolute atomic E-state index is 5.18. The molecule has 0 saturated carbocycles. The standard InChI is InChI=1S/C10H13NO/c1-4-12-9(3)10-7-8(2)5-6-11-10/h4-7,9H,1H2,2-3H3. The highest BCUT2D eigenvalue weighted by Gasteiger charge is 2.04. The van der Waals surface area contributed by atoms with Crippen LogP contribution in [0.4, 0.5) is 0 Å². The number of pyridine rings is 1. The Hall–Kier alpha value is -1.31. The molecular weight excluding hydrogens is 150 g/mol. The normalized spacial score (nSPS) is 12.2. The predicted molar refractivity (Wildman–Crippen MR) is 48.7 cm³/mol. The van der Waals surface area contributed by atoms with Gasteiger partial charge in [-0.15, -0.1) is 0 Å². The highest BCUT2D eigenvalue weighted by atomic mass is 16.5. The van der Waals surface area contributed by atoms with Crippen LogP contribution in [0.5, 0.6) is 0 Å². The van der Waals surface area contributed by atoms with E-state index in [0.29, 0.717) is 0 Å². The van der Waals surface area contributed by atoms with Gasteiger partial charge in [0.2, 0.25) is 0 Å².